The zero-order chi connectivity index (χ0) is 10.1. The molecule has 1 rings (SSSR count). The number of alkyl carbamates (subject to hydrolysis) is 1. The van der Waals surface area contributed by atoms with Crippen molar-refractivity contribution in [3.63, 3.8) is 0 Å². The molecule has 0 aromatic rings. The molecule has 1 saturated carbocycles. The van der Waals surface area contributed by atoms with Gasteiger partial charge in [0, 0.05) is 6.42 Å². The molecule has 1 unspecified atom stereocenters. The van der Waals surface area contributed by atoms with Gasteiger partial charge in [-0.2, -0.15) is 0 Å². The molecule has 0 aromatic heterocycles. The molecule has 1 aliphatic rings. The highest BCUT2D eigenvalue weighted by Gasteiger charge is 2.63. The standard InChI is InChI=1S/C7H10FNO4/c1-2-13-6(12)9-7(5(10)11)3-4(7)8/h4H,2-3H2,1H3,(H,9,12)(H,10,11)/t4?,7-/m1/s1. The summed E-state index contributed by atoms with van der Waals surface area (Å²) in [6.07, 6.45) is -2.61. The average Bonchev–Trinajstić information content (AvgIpc) is 2.63. The van der Waals surface area contributed by atoms with Crippen LogP contribution in [0.15, 0.2) is 0 Å². The Labute approximate surface area is 73.9 Å². The lowest BCUT2D eigenvalue weighted by Crippen LogP contribution is -2.45. The molecule has 5 nitrogen and oxygen atoms in total. The van der Waals surface area contributed by atoms with Gasteiger partial charge in [-0.25, -0.2) is 14.0 Å². The van der Waals surface area contributed by atoms with Crippen molar-refractivity contribution in [1.82, 2.24) is 5.32 Å². The summed E-state index contributed by atoms with van der Waals surface area (Å²) >= 11 is 0. The number of hydrogen-bond donors (Lipinski definition) is 2. The first-order chi connectivity index (χ1) is 6.03. The van der Waals surface area contributed by atoms with Gasteiger partial charge in [0.2, 0.25) is 0 Å². The zero-order valence-electron chi connectivity index (χ0n) is 7.04. The third kappa shape index (κ3) is 1.71. The van der Waals surface area contributed by atoms with E-state index in [9.17, 15) is 14.0 Å². The minimum Gasteiger partial charge on any atom is -0.479 e. The number of hydrogen-bond acceptors (Lipinski definition) is 3. The number of carbonyl (C=O) groups is 2. The normalized spacial score (nSPS) is 30.8. The van der Waals surface area contributed by atoms with Crippen LogP contribution < -0.4 is 5.32 Å². The second kappa shape index (κ2) is 3.20. The molecular formula is C7H10FNO4. The Morgan fingerprint density at radius 3 is 2.62 bits per heavy atom. The molecule has 0 bridgehead atoms. The smallest absolute Gasteiger partial charge is 0.408 e. The molecule has 13 heavy (non-hydrogen) atoms. The Hall–Kier alpha value is -1.33. The van der Waals surface area contributed by atoms with E-state index in [2.05, 4.69) is 4.74 Å². The van der Waals surface area contributed by atoms with E-state index in [-0.39, 0.29) is 13.0 Å². The number of halogens is 1. The van der Waals surface area contributed by atoms with Crippen molar-refractivity contribution in [2.45, 2.75) is 25.1 Å². The number of amides is 1. The van der Waals surface area contributed by atoms with Crippen LogP contribution in [0.5, 0.6) is 0 Å². The van der Waals surface area contributed by atoms with Gasteiger partial charge in [0.1, 0.15) is 6.17 Å². The third-order valence-electron chi connectivity index (χ3n) is 1.86. The van der Waals surface area contributed by atoms with Crippen molar-refractivity contribution in [3.05, 3.63) is 0 Å². The van der Waals surface area contributed by atoms with Gasteiger partial charge in [0.15, 0.2) is 5.54 Å². The van der Waals surface area contributed by atoms with Crippen LogP contribution in [0.1, 0.15) is 13.3 Å². The monoisotopic (exact) mass is 191 g/mol. The molecule has 0 spiro atoms. The fourth-order valence-electron chi connectivity index (χ4n) is 0.977. The molecule has 0 saturated heterocycles. The van der Waals surface area contributed by atoms with Crippen LogP contribution in [0, 0.1) is 0 Å². The summed E-state index contributed by atoms with van der Waals surface area (Å²) in [7, 11) is 0. The number of ether oxygens (including phenoxy) is 1. The Kier molecular flexibility index (Phi) is 2.40. The number of alkyl halides is 1. The predicted octanol–water partition coefficient (Wildman–Crippen LogP) is 0.298. The van der Waals surface area contributed by atoms with Crippen LogP contribution in [0.2, 0.25) is 0 Å². The highest BCUT2D eigenvalue weighted by molar-refractivity contribution is 5.88. The Bertz CT molecular complexity index is 245. The van der Waals surface area contributed by atoms with E-state index in [1.807, 2.05) is 5.32 Å². The molecule has 0 aromatic carbocycles. The summed E-state index contributed by atoms with van der Waals surface area (Å²) in [6, 6.07) is 0. The topological polar surface area (TPSA) is 75.6 Å². The summed E-state index contributed by atoms with van der Waals surface area (Å²) in [5, 5.41) is 10.6. The molecule has 0 heterocycles. The van der Waals surface area contributed by atoms with Crippen molar-refractivity contribution < 1.29 is 23.8 Å². The van der Waals surface area contributed by atoms with Gasteiger partial charge in [-0.3, -0.25) is 0 Å². The lowest BCUT2D eigenvalue weighted by Gasteiger charge is -2.11. The van der Waals surface area contributed by atoms with E-state index in [1.165, 1.54) is 0 Å². The van der Waals surface area contributed by atoms with Crippen LogP contribution >= 0.6 is 0 Å². The van der Waals surface area contributed by atoms with Crippen LogP contribution in [0.4, 0.5) is 9.18 Å². The number of carboxylic acid groups (broad SMARTS) is 1. The number of carbonyl (C=O) groups excluding carboxylic acids is 1. The molecule has 0 radical (unpaired) electrons. The molecule has 0 aliphatic heterocycles. The minimum atomic E-state index is -1.74. The first-order valence-corrected chi connectivity index (χ1v) is 3.85. The predicted molar refractivity (Wildman–Crippen MR) is 40.0 cm³/mol. The maximum atomic E-state index is 12.6. The van der Waals surface area contributed by atoms with Crippen molar-refractivity contribution in [3.8, 4) is 0 Å². The maximum absolute atomic E-state index is 12.6. The fourth-order valence-corrected chi connectivity index (χ4v) is 0.977. The second-order valence-corrected chi connectivity index (χ2v) is 2.79. The van der Waals surface area contributed by atoms with Crippen molar-refractivity contribution in [1.29, 1.82) is 0 Å². The summed E-state index contributed by atoms with van der Waals surface area (Å²) in [6.45, 7) is 1.70. The Morgan fingerprint density at radius 1 is 1.77 bits per heavy atom. The first-order valence-electron chi connectivity index (χ1n) is 3.85. The molecule has 74 valence electrons. The largest absolute Gasteiger partial charge is 0.479 e. The SMILES string of the molecule is CCOC(=O)N[C@]1(C(=O)O)CC1F. The lowest BCUT2D eigenvalue weighted by atomic mass is 10.3. The van der Waals surface area contributed by atoms with Gasteiger partial charge in [0.05, 0.1) is 6.61 Å². The average molecular weight is 191 g/mol. The van der Waals surface area contributed by atoms with E-state index in [0.717, 1.165) is 0 Å². The highest BCUT2D eigenvalue weighted by Crippen LogP contribution is 2.39. The Balaban J connectivity index is 2.52. The van der Waals surface area contributed by atoms with Gasteiger partial charge in [-0.15, -0.1) is 0 Å². The summed E-state index contributed by atoms with van der Waals surface area (Å²) < 4.78 is 17.1. The minimum absolute atomic E-state index is 0.123. The van der Waals surface area contributed by atoms with Crippen molar-refractivity contribution in [2.75, 3.05) is 6.61 Å². The fraction of sp³-hybridized carbons (Fsp3) is 0.714. The van der Waals surface area contributed by atoms with E-state index >= 15 is 0 Å². The van der Waals surface area contributed by atoms with E-state index in [0.29, 0.717) is 0 Å². The van der Waals surface area contributed by atoms with E-state index in [1.54, 1.807) is 6.92 Å². The summed E-state index contributed by atoms with van der Waals surface area (Å²) in [5.41, 5.74) is -1.74. The van der Waals surface area contributed by atoms with E-state index < -0.39 is 23.8 Å². The highest BCUT2D eigenvalue weighted by atomic mass is 19.1. The van der Waals surface area contributed by atoms with Crippen molar-refractivity contribution in [2.24, 2.45) is 0 Å². The third-order valence-corrected chi connectivity index (χ3v) is 1.86. The molecule has 1 amide bonds. The van der Waals surface area contributed by atoms with Gasteiger partial charge in [0.25, 0.3) is 0 Å². The van der Waals surface area contributed by atoms with Crippen LogP contribution in [-0.4, -0.2) is 35.5 Å². The zero-order valence-corrected chi connectivity index (χ0v) is 7.04. The van der Waals surface area contributed by atoms with Gasteiger partial charge < -0.3 is 15.2 Å². The summed E-state index contributed by atoms with van der Waals surface area (Å²) in [5.74, 6) is -1.37. The first kappa shape index (κ1) is 9.76. The number of carboxylic acids is 1. The number of nitrogens with one attached hydrogen (secondary N) is 1. The molecular weight excluding hydrogens is 181 g/mol. The van der Waals surface area contributed by atoms with Gasteiger partial charge >= 0.3 is 12.1 Å². The molecule has 1 fully saturated rings. The molecule has 1 aliphatic carbocycles. The molecule has 2 atom stereocenters. The van der Waals surface area contributed by atoms with Crippen LogP contribution in [-0.2, 0) is 9.53 Å². The van der Waals surface area contributed by atoms with Gasteiger partial charge in [-0.1, -0.05) is 0 Å². The maximum Gasteiger partial charge on any atom is 0.408 e. The number of aliphatic carboxylic acids is 1. The molecule has 2 N–H and O–H groups in total. The summed E-state index contributed by atoms with van der Waals surface area (Å²) in [4.78, 5) is 21.3. The van der Waals surface area contributed by atoms with E-state index in [4.69, 9.17) is 5.11 Å². The van der Waals surface area contributed by atoms with Crippen LogP contribution in [0.3, 0.4) is 0 Å². The second-order valence-electron chi connectivity index (χ2n) is 2.79. The van der Waals surface area contributed by atoms with Crippen LogP contribution in [0.25, 0.3) is 0 Å². The quantitative estimate of drug-likeness (QED) is 0.672. The lowest BCUT2D eigenvalue weighted by molar-refractivity contribution is -0.141. The Morgan fingerprint density at radius 2 is 2.31 bits per heavy atom. The van der Waals surface area contributed by atoms with Crippen molar-refractivity contribution >= 4 is 12.1 Å². The number of rotatable bonds is 3. The molecule has 6 heteroatoms. The van der Waals surface area contributed by atoms with Gasteiger partial charge in [-0.05, 0) is 6.92 Å².